The van der Waals surface area contributed by atoms with Crippen LogP contribution in [0.2, 0.25) is 0 Å². The third kappa shape index (κ3) is 14.3. The number of rotatable bonds is 3. The summed E-state index contributed by atoms with van der Waals surface area (Å²) >= 11 is 0. The summed E-state index contributed by atoms with van der Waals surface area (Å²) in [7, 11) is 0. The topological polar surface area (TPSA) is 37.3 Å². The van der Waals surface area contributed by atoms with Crippen molar-refractivity contribution in [2.24, 2.45) is 0 Å². The molecule has 0 radical (unpaired) electrons. The molecule has 2 aromatic carbocycles. The van der Waals surface area contributed by atoms with Gasteiger partial charge in [-0.2, -0.15) is 0 Å². The van der Waals surface area contributed by atoms with Crippen LogP contribution in [0.4, 0.5) is 0 Å². The lowest BCUT2D eigenvalue weighted by molar-refractivity contribution is -0.131. The number of benzene rings is 2. The van der Waals surface area contributed by atoms with Gasteiger partial charge in [-0.3, -0.25) is 0 Å². The van der Waals surface area contributed by atoms with Gasteiger partial charge in [0.05, 0.1) is 0 Å². The van der Waals surface area contributed by atoms with Gasteiger partial charge in [0.2, 0.25) is 0 Å². The highest BCUT2D eigenvalue weighted by atomic mass is 16.4. The molecule has 0 unspecified atom stereocenters. The van der Waals surface area contributed by atoms with Crippen LogP contribution in [0.1, 0.15) is 45.7 Å². The van der Waals surface area contributed by atoms with Crippen LogP contribution in [0, 0.1) is 0 Å². The van der Waals surface area contributed by atoms with Crippen molar-refractivity contribution in [1.29, 1.82) is 0 Å². The number of carboxylic acids is 1. The van der Waals surface area contributed by atoms with Gasteiger partial charge in [0.1, 0.15) is 0 Å². The van der Waals surface area contributed by atoms with E-state index in [9.17, 15) is 4.79 Å². The molecule has 0 saturated carbocycles. The highest BCUT2D eigenvalue weighted by molar-refractivity contribution is 5.85. The molecule has 0 aliphatic rings. The van der Waals surface area contributed by atoms with Crippen molar-refractivity contribution in [2.75, 3.05) is 0 Å². The minimum absolute atomic E-state index is 0.898. The zero-order valence-electron chi connectivity index (χ0n) is 15.4. The summed E-state index contributed by atoms with van der Waals surface area (Å²) in [6.45, 7) is 10.0. The summed E-state index contributed by atoms with van der Waals surface area (Å²) in [4.78, 5) is 10.1. The molecule has 24 heavy (non-hydrogen) atoms. The Balaban J connectivity index is 0. The van der Waals surface area contributed by atoms with Gasteiger partial charge in [0.15, 0.2) is 0 Å². The summed E-state index contributed by atoms with van der Waals surface area (Å²) in [6, 6.07) is 19.6. The Morgan fingerprint density at radius 3 is 1.46 bits per heavy atom. The monoisotopic (exact) mass is 326 g/mol. The first-order valence-electron chi connectivity index (χ1n) is 8.36. The molecule has 0 bridgehead atoms. The number of carboxylic acid groups (broad SMARTS) is 1. The molecule has 1 N–H and O–H groups in total. The van der Waals surface area contributed by atoms with Crippen molar-refractivity contribution in [3.05, 3.63) is 83.9 Å². The summed E-state index contributed by atoms with van der Waals surface area (Å²) < 4.78 is 0. The Labute approximate surface area is 147 Å². The first kappa shape index (κ1) is 23.7. The minimum Gasteiger partial charge on any atom is -0.478 e. The average molecular weight is 326 g/mol. The first-order chi connectivity index (χ1) is 11.7. The molecule has 2 nitrogen and oxygen atoms in total. The van der Waals surface area contributed by atoms with Crippen LogP contribution < -0.4 is 0 Å². The third-order valence-corrected chi connectivity index (χ3v) is 2.38. The normalized spacial score (nSPS) is 9.04. The van der Waals surface area contributed by atoms with Crippen LogP contribution in [0.5, 0.6) is 0 Å². The van der Waals surface area contributed by atoms with E-state index >= 15 is 0 Å². The van der Waals surface area contributed by atoms with E-state index in [0.29, 0.717) is 0 Å². The van der Waals surface area contributed by atoms with E-state index < -0.39 is 5.97 Å². The maximum atomic E-state index is 10.1. The van der Waals surface area contributed by atoms with Crippen molar-refractivity contribution >= 4 is 18.1 Å². The second kappa shape index (κ2) is 18.4. The molecular formula is C22H30O2. The fourth-order valence-corrected chi connectivity index (χ4v) is 1.49. The van der Waals surface area contributed by atoms with Crippen molar-refractivity contribution < 1.29 is 9.90 Å². The van der Waals surface area contributed by atoms with Gasteiger partial charge in [-0.05, 0) is 24.1 Å². The lowest BCUT2D eigenvalue weighted by Gasteiger charge is -1.87. The second-order valence-corrected chi connectivity index (χ2v) is 3.99. The molecule has 0 saturated heterocycles. The predicted octanol–water partition coefficient (Wildman–Crippen LogP) is 6.56. The Morgan fingerprint density at radius 1 is 0.750 bits per heavy atom. The van der Waals surface area contributed by atoms with Gasteiger partial charge >= 0.3 is 5.97 Å². The first-order valence-corrected chi connectivity index (χ1v) is 8.36. The van der Waals surface area contributed by atoms with Crippen LogP contribution >= 0.6 is 0 Å². The molecule has 0 aliphatic carbocycles. The van der Waals surface area contributed by atoms with Crippen LogP contribution in [0.15, 0.2) is 72.8 Å². The highest BCUT2D eigenvalue weighted by Gasteiger charge is 1.86. The summed E-state index contributed by atoms with van der Waals surface area (Å²) in [5, 5.41) is 8.29. The van der Waals surface area contributed by atoms with E-state index in [0.717, 1.165) is 11.6 Å². The molecule has 0 amide bonds. The molecule has 2 aromatic rings. The van der Waals surface area contributed by atoms with E-state index in [2.05, 4.69) is 18.2 Å². The number of hydrogen-bond donors (Lipinski definition) is 1. The molecule has 0 heterocycles. The predicted molar refractivity (Wildman–Crippen MR) is 107 cm³/mol. The second-order valence-electron chi connectivity index (χ2n) is 3.99. The quantitative estimate of drug-likeness (QED) is 0.649. The van der Waals surface area contributed by atoms with E-state index in [1.807, 2.05) is 89.2 Å². The molecule has 0 atom stereocenters. The number of hydrogen-bond acceptors (Lipinski definition) is 1. The van der Waals surface area contributed by atoms with Crippen molar-refractivity contribution in [1.82, 2.24) is 0 Å². The maximum Gasteiger partial charge on any atom is 0.328 e. The summed E-state index contributed by atoms with van der Waals surface area (Å²) in [5.41, 5.74) is 2.16. The number of carbonyl (C=O) groups is 1. The zero-order valence-corrected chi connectivity index (χ0v) is 15.4. The smallest absolute Gasteiger partial charge is 0.328 e. The fourth-order valence-electron chi connectivity index (χ4n) is 1.49. The Hall–Kier alpha value is -2.61. The Bertz CT molecular complexity index is 555. The molecular weight excluding hydrogens is 296 g/mol. The van der Waals surface area contributed by atoms with Crippen LogP contribution in [0.25, 0.3) is 12.2 Å². The molecule has 0 fully saturated rings. The third-order valence-electron chi connectivity index (χ3n) is 2.38. The minimum atomic E-state index is -0.922. The number of aliphatic carboxylic acids is 1. The summed E-state index contributed by atoms with van der Waals surface area (Å²) in [5.74, 6) is -0.922. The fraction of sp³-hybridized carbons (Fsp3) is 0.227. The van der Waals surface area contributed by atoms with Crippen molar-refractivity contribution in [2.45, 2.75) is 34.6 Å². The molecule has 2 rings (SSSR count). The van der Waals surface area contributed by atoms with Crippen molar-refractivity contribution in [3.8, 4) is 0 Å². The van der Waals surface area contributed by atoms with Crippen LogP contribution in [-0.4, -0.2) is 11.1 Å². The maximum absolute atomic E-state index is 10.1. The lowest BCUT2D eigenvalue weighted by Crippen LogP contribution is -1.85. The molecule has 0 aliphatic heterocycles. The van der Waals surface area contributed by atoms with Crippen molar-refractivity contribution in [3.63, 3.8) is 0 Å². The largest absolute Gasteiger partial charge is 0.478 e. The van der Waals surface area contributed by atoms with Gasteiger partial charge in [-0.15, -0.1) is 0 Å². The van der Waals surface area contributed by atoms with Gasteiger partial charge in [-0.25, -0.2) is 4.79 Å². The van der Waals surface area contributed by atoms with E-state index in [-0.39, 0.29) is 0 Å². The highest BCUT2D eigenvalue weighted by Crippen LogP contribution is 2.00. The molecule has 0 spiro atoms. The molecule has 130 valence electrons. The summed E-state index contributed by atoms with van der Waals surface area (Å²) in [6.07, 6.45) is 6.80. The van der Waals surface area contributed by atoms with Gasteiger partial charge in [0.25, 0.3) is 0 Å². The SMILES string of the molecule is CC.CC.CC=Cc1ccccc1.O=C(O)C=Cc1ccccc1. The van der Waals surface area contributed by atoms with E-state index in [4.69, 9.17) is 5.11 Å². The van der Waals surface area contributed by atoms with Crippen LogP contribution in [0.3, 0.4) is 0 Å². The van der Waals surface area contributed by atoms with E-state index in [1.54, 1.807) is 6.08 Å². The molecule has 2 heteroatoms. The van der Waals surface area contributed by atoms with Gasteiger partial charge < -0.3 is 5.11 Å². The van der Waals surface area contributed by atoms with Gasteiger partial charge in [0, 0.05) is 6.08 Å². The van der Waals surface area contributed by atoms with Gasteiger partial charge in [-0.1, -0.05) is 101 Å². The number of allylic oxidation sites excluding steroid dienone is 1. The zero-order chi connectivity index (χ0) is 18.6. The van der Waals surface area contributed by atoms with E-state index in [1.165, 1.54) is 5.56 Å². The Kier molecular flexibility index (Phi) is 18.2. The lowest BCUT2D eigenvalue weighted by atomic mass is 10.2. The molecule has 0 aromatic heterocycles. The average Bonchev–Trinajstić information content (AvgIpc) is 2.66. The van der Waals surface area contributed by atoms with Crippen LogP contribution in [-0.2, 0) is 4.79 Å². The Morgan fingerprint density at radius 2 is 1.12 bits per heavy atom. The standard InChI is InChI=1S/C9H8O2.C9H10.2C2H6/c10-9(11)7-6-8-4-2-1-3-5-8;1-2-6-9-7-4-3-5-8-9;2*1-2/h1-7H,(H,10,11);2-8H,1H3;2*1-2H3.